The molecule has 31 heavy (non-hydrogen) atoms. The van der Waals surface area contributed by atoms with Crippen LogP contribution in [0.4, 0.5) is 17.1 Å². The van der Waals surface area contributed by atoms with E-state index in [0.717, 1.165) is 22.5 Å². The molecule has 1 heterocycles. The van der Waals surface area contributed by atoms with Gasteiger partial charge in [-0.15, -0.1) is 0 Å². The Labute approximate surface area is 182 Å². The third-order valence-electron chi connectivity index (χ3n) is 5.43. The number of rotatable bonds is 5. The number of aryl methyl sites for hydroxylation is 2. The van der Waals surface area contributed by atoms with Crippen molar-refractivity contribution in [1.29, 1.82) is 0 Å². The third-order valence-corrected chi connectivity index (χ3v) is 5.43. The second-order valence-corrected chi connectivity index (χ2v) is 7.91. The number of carbonyl (C=O) groups is 2. The Morgan fingerprint density at radius 1 is 0.774 bits per heavy atom. The van der Waals surface area contributed by atoms with Crippen molar-refractivity contribution in [3.05, 3.63) is 95.2 Å². The van der Waals surface area contributed by atoms with Crippen LogP contribution in [0.25, 0.3) is 5.57 Å². The molecule has 0 fully saturated rings. The van der Waals surface area contributed by atoms with E-state index >= 15 is 0 Å². The van der Waals surface area contributed by atoms with Crippen LogP contribution in [0.15, 0.2) is 78.5 Å². The molecule has 1 aliphatic heterocycles. The van der Waals surface area contributed by atoms with Crippen LogP contribution in [0.5, 0.6) is 0 Å². The molecule has 5 heteroatoms. The van der Waals surface area contributed by atoms with E-state index in [9.17, 15) is 9.59 Å². The molecule has 0 unspecified atom stereocenters. The smallest absolute Gasteiger partial charge is 0.282 e. The minimum Gasteiger partial charge on any atom is -0.378 e. The molecule has 0 bridgehead atoms. The molecule has 156 valence electrons. The number of benzene rings is 3. The minimum absolute atomic E-state index is 0.287. The Kier molecular flexibility index (Phi) is 5.34. The van der Waals surface area contributed by atoms with Crippen LogP contribution in [0.1, 0.15) is 16.7 Å². The van der Waals surface area contributed by atoms with Gasteiger partial charge in [0.1, 0.15) is 5.70 Å². The summed E-state index contributed by atoms with van der Waals surface area (Å²) in [6.07, 6.45) is 0. The molecule has 1 N–H and O–H groups in total. The van der Waals surface area contributed by atoms with Gasteiger partial charge in [0.05, 0.1) is 11.3 Å². The van der Waals surface area contributed by atoms with Gasteiger partial charge in [0.15, 0.2) is 0 Å². The third kappa shape index (κ3) is 3.82. The second-order valence-electron chi connectivity index (χ2n) is 7.91. The Morgan fingerprint density at radius 3 is 2.03 bits per heavy atom. The average Bonchev–Trinajstić information content (AvgIpc) is 2.99. The summed E-state index contributed by atoms with van der Waals surface area (Å²) < 4.78 is 0. The largest absolute Gasteiger partial charge is 0.378 e. The van der Waals surface area contributed by atoms with Gasteiger partial charge in [-0.25, -0.2) is 4.90 Å². The maximum atomic E-state index is 13.5. The standard InChI is InChI=1S/C26H25N3O2/c1-17-9-11-19(12-10-17)23-24(27-20-13-15-21(16-14-20)28(3)4)26(31)29(25(23)30)22-8-6-5-7-18(22)2/h5-16,27H,1-4H3. The van der Waals surface area contributed by atoms with Gasteiger partial charge in [-0.2, -0.15) is 0 Å². The molecule has 0 spiro atoms. The zero-order valence-electron chi connectivity index (χ0n) is 18.1. The normalized spacial score (nSPS) is 13.7. The molecular weight excluding hydrogens is 386 g/mol. The van der Waals surface area contributed by atoms with Crippen LogP contribution in [0.3, 0.4) is 0 Å². The number of imide groups is 1. The second kappa shape index (κ2) is 8.11. The van der Waals surface area contributed by atoms with Crippen LogP contribution < -0.4 is 15.1 Å². The van der Waals surface area contributed by atoms with Crippen LogP contribution in [0, 0.1) is 13.8 Å². The van der Waals surface area contributed by atoms with E-state index < -0.39 is 0 Å². The van der Waals surface area contributed by atoms with E-state index in [1.807, 2.05) is 99.6 Å². The lowest BCUT2D eigenvalue weighted by atomic mass is 10.0. The van der Waals surface area contributed by atoms with Gasteiger partial charge in [-0.1, -0.05) is 48.0 Å². The van der Waals surface area contributed by atoms with E-state index in [1.165, 1.54) is 4.90 Å². The fraction of sp³-hybridized carbons (Fsp3) is 0.154. The summed E-state index contributed by atoms with van der Waals surface area (Å²) in [6.45, 7) is 3.89. The summed E-state index contributed by atoms with van der Waals surface area (Å²) in [5.74, 6) is -0.679. The first-order valence-electron chi connectivity index (χ1n) is 10.2. The Bertz CT molecular complexity index is 1180. The van der Waals surface area contributed by atoms with Crippen LogP contribution in [-0.2, 0) is 9.59 Å². The number of nitrogens with one attached hydrogen (secondary N) is 1. The Balaban J connectivity index is 1.79. The molecule has 0 saturated carbocycles. The summed E-state index contributed by atoms with van der Waals surface area (Å²) >= 11 is 0. The van der Waals surface area contributed by atoms with Crippen molar-refractivity contribution < 1.29 is 9.59 Å². The molecule has 5 nitrogen and oxygen atoms in total. The zero-order valence-corrected chi connectivity index (χ0v) is 18.1. The summed E-state index contributed by atoms with van der Waals surface area (Å²) in [6, 6.07) is 22.8. The molecule has 4 rings (SSSR count). The summed E-state index contributed by atoms with van der Waals surface area (Å²) in [5, 5.41) is 3.22. The highest BCUT2D eigenvalue weighted by Gasteiger charge is 2.40. The first-order valence-corrected chi connectivity index (χ1v) is 10.2. The number of hydrogen-bond acceptors (Lipinski definition) is 4. The first-order chi connectivity index (χ1) is 14.9. The monoisotopic (exact) mass is 411 g/mol. The first kappa shape index (κ1) is 20.4. The predicted octanol–water partition coefficient (Wildman–Crippen LogP) is 4.77. The van der Waals surface area contributed by atoms with Crippen molar-refractivity contribution in [2.45, 2.75) is 13.8 Å². The zero-order chi connectivity index (χ0) is 22.1. The van der Waals surface area contributed by atoms with Crippen LogP contribution >= 0.6 is 0 Å². The fourth-order valence-corrected chi connectivity index (χ4v) is 3.65. The van der Waals surface area contributed by atoms with E-state index in [0.29, 0.717) is 16.8 Å². The van der Waals surface area contributed by atoms with Crippen molar-refractivity contribution >= 4 is 34.4 Å². The molecule has 0 atom stereocenters. The van der Waals surface area contributed by atoms with Gasteiger partial charge >= 0.3 is 0 Å². The van der Waals surface area contributed by atoms with E-state index in [2.05, 4.69) is 5.32 Å². The van der Waals surface area contributed by atoms with Crippen LogP contribution in [0.2, 0.25) is 0 Å². The lowest BCUT2D eigenvalue weighted by molar-refractivity contribution is -0.120. The van der Waals surface area contributed by atoms with Crippen molar-refractivity contribution in [2.24, 2.45) is 0 Å². The van der Waals surface area contributed by atoms with Crippen molar-refractivity contribution in [3.8, 4) is 0 Å². The molecule has 1 aliphatic rings. The molecule has 3 aromatic carbocycles. The van der Waals surface area contributed by atoms with Crippen molar-refractivity contribution in [3.63, 3.8) is 0 Å². The van der Waals surface area contributed by atoms with Gasteiger partial charge in [0.2, 0.25) is 0 Å². The van der Waals surface area contributed by atoms with Gasteiger partial charge in [-0.05, 0) is 55.3 Å². The van der Waals surface area contributed by atoms with E-state index in [-0.39, 0.29) is 17.5 Å². The molecule has 0 radical (unpaired) electrons. The van der Waals surface area contributed by atoms with Crippen molar-refractivity contribution in [2.75, 3.05) is 29.2 Å². The summed E-state index contributed by atoms with van der Waals surface area (Å²) in [5.41, 5.74) is 5.73. The lowest BCUT2D eigenvalue weighted by Gasteiger charge is -2.18. The minimum atomic E-state index is -0.355. The quantitative estimate of drug-likeness (QED) is 0.615. The number of nitrogens with zero attached hydrogens (tertiary/aromatic N) is 2. The Hall–Kier alpha value is -3.86. The summed E-state index contributed by atoms with van der Waals surface area (Å²) in [7, 11) is 3.94. The van der Waals surface area contributed by atoms with E-state index in [4.69, 9.17) is 0 Å². The maximum Gasteiger partial charge on any atom is 0.282 e. The topological polar surface area (TPSA) is 52.7 Å². The number of anilines is 3. The fourth-order valence-electron chi connectivity index (χ4n) is 3.65. The highest BCUT2D eigenvalue weighted by atomic mass is 16.2. The van der Waals surface area contributed by atoms with Gasteiger partial charge < -0.3 is 10.2 Å². The number of amides is 2. The molecule has 0 aromatic heterocycles. The molecule has 0 aliphatic carbocycles. The van der Waals surface area contributed by atoms with E-state index in [1.54, 1.807) is 6.07 Å². The van der Waals surface area contributed by atoms with Gasteiger partial charge in [0, 0.05) is 25.5 Å². The van der Waals surface area contributed by atoms with Crippen molar-refractivity contribution in [1.82, 2.24) is 0 Å². The highest BCUT2D eigenvalue weighted by Crippen LogP contribution is 2.35. The van der Waals surface area contributed by atoms with Crippen LogP contribution in [-0.4, -0.2) is 25.9 Å². The number of hydrogen-bond donors (Lipinski definition) is 1. The molecule has 0 saturated heterocycles. The number of para-hydroxylation sites is 1. The summed E-state index contributed by atoms with van der Waals surface area (Å²) in [4.78, 5) is 30.2. The molecule has 3 aromatic rings. The van der Waals surface area contributed by atoms with Gasteiger partial charge in [-0.3, -0.25) is 9.59 Å². The SMILES string of the molecule is Cc1ccc(C2=C(Nc3ccc(N(C)C)cc3)C(=O)N(c3ccccc3C)C2=O)cc1. The highest BCUT2D eigenvalue weighted by molar-refractivity contribution is 6.46. The molecular formula is C26H25N3O2. The Morgan fingerprint density at radius 2 is 1.42 bits per heavy atom. The average molecular weight is 412 g/mol. The maximum absolute atomic E-state index is 13.5. The lowest BCUT2D eigenvalue weighted by Crippen LogP contribution is -2.33. The number of carbonyl (C=O) groups excluding carboxylic acids is 2. The predicted molar refractivity (Wildman–Crippen MR) is 126 cm³/mol. The van der Waals surface area contributed by atoms with Gasteiger partial charge in [0.25, 0.3) is 11.8 Å². The molecule has 2 amide bonds.